The molecule has 6 nitrogen and oxygen atoms in total. The van der Waals surface area contributed by atoms with E-state index in [4.69, 9.17) is 9.47 Å². The normalized spacial score (nSPS) is 22.8. The van der Waals surface area contributed by atoms with Gasteiger partial charge in [-0.2, -0.15) is 0 Å². The van der Waals surface area contributed by atoms with Gasteiger partial charge in [-0.3, -0.25) is 4.79 Å². The zero-order chi connectivity index (χ0) is 24.7. The maximum Gasteiger partial charge on any atom is 0.255 e. The van der Waals surface area contributed by atoms with E-state index in [2.05, 4.69) is 10.2 Å². The molecule has 5 rings (SSSR count). The number of aliphatic hydroxyl groups is 1. The number of carbonyl (C=O) groups is 1. The molecule has 6 heteroatoms. The Morgan fingerprint density at radius 1 is 0.861 bits per heavy atom. The van der Waals surface area contributed by atoms with Crippen molar-refractivity contribution in [3.63, 3.8) is 0 Å². The lowest BCUT2D eigenvalue weighted by atomic mass is 9.99. The number of anilines is 1. The second-order valence-electron chi connectivity index (χ2n) is 9.65. The quantitative estimate of drug-likeness (QED) is 0.464. The summed E-state index contributed by atoms with van der Waals surface area (Å²) in [6.07, 6.45) is 4.06. The van der Waals surface area contributed by atoms with Crippen LogP contribution in [0.4, 0.5) is 5.69 Å². The van der Waals surface area contributed by atoms with Crippen molar-refractivity contribution in [2.45, 2.75) is 50.8 Å². The van der Waals surface area contributed by atoms with Gasteiger partial charge in [0.2, 0.25) is 0 Å². The van der Waals surface area contributed by atoms with E-state index >= 15 is 0 Å². The number of benzene rings is 3. The van der Waals surface area contributed by atoms with Crippen molar-refractivity contribution in [2.75, 3.05) is 25.0 Å². The van der Waals surface area contributed by atoms with Gasteiger partial charge in [-0.05, 0) is 61.3 Å². The predicted octanol–water partition coefficient (Wildman–Crippen LogP) is 5.46. The van der Waals surface area contributed by atoms with Crippen molar-refractivity contribution < 1.29 is 19.4 Å². The highest BCUT2D eigenvalue weighted by atomic mass is 16.7. The van der Waals surface area contributed by atoms with E-state index in [-0.39, 0.29) is 24.7 Å². The summed E-state index contributed by atoms with van der Waals surface area (Å²) in [5, 5.41) is 12.4. The van der Waals surface area contributed by atoms with Gasteiger partial charge < -0.3 is 24.8 Å². The van der Waals surface area contributed by atoms with E-state index in [0.717, 1.165) is 48.4 Å². The van der Waals surface area contributed by atoms with Crippen LogP contribution in [0, 0.1) is 0 Å². The van der Waals surface area contributed by atoms with Gasteiger partial charge in [0.15, 0.2) is 6.29 Å². The van der Waals surface area contributed by atoms with Crippen LogP contribution in [-0.2, 0) is 16.1 Å². The fraction of sp³-hybridized carbons (Fsp3) is 0.367. The molecule has 0 spiro atoms. The summed E-state index contributed by atoms with van der Waals surface area (Å²) in [7, 11) is 0. The lowest BCUT2D eigenvalue weighted by Crippen LogP contribution is -2.41. The van der Waals surface area contributed by atoms with Gasteiger partial charge in [-0.25, -0.2) is 0 Å². The van der Waals surface area contributed by atoms with Crippen LogP contribution >= 0.6 is 0 Å². The minimum Gasteiger partial charge on any atom is -0.392 e. The third-order valence-corrected chi connectivity index (χ3v) is 7.00. The predicted molar refractivity (Wildman–Crippen MR) is 140 cm³/mol. The Labute approximate surface area is 212 Å². The monoisotopic (exact) mass is 486 g/mol. The molecule has 0 radical (unpaired) electrons. The summed E-state index contributed by atoms with van der Waals surface area (Å²) in [6, 6.07) is 24.9. The summed E-state index contributed by atoms with van der Waals surface area (Å²) < 4.78 is 12.9. The highest BCUT2D eigenvalue weighted by molar-refractivity contribution is 6.04. The molecule has 2 aliphatic heterocycles. The molecular weight excluding hydrogens is 452 g/mol. The zero-order valence-corrected chi connectivity index (χ0v) is 20.5. The van der Waals surface area contributed by atoms with E-state index in [1.807, 2.05) is 66.7 Å². The van der Waals surface area contributed by atoms with Crippen LogP contribution in [0.5, 0.6) is 0 Å². The SMILES string of the molecule is O=C(Nc1ccc([C@H]2O[C@@H](CN3CCCCC3)C[C@@H](c3ccc(CO)cc3)O2)cc1)c1ccccc1. The second-order valence-corrected chi connectivity index (χ2v) is 9.65. The van der Waals surface area contributed by atoms with Crippen LogP contribution in [0.1, 0.15) is 65.1 Å². The first-order chi connectivity index (χ1) is 17.7. The first kappa shape index (κ1) is 24.7. The smallest absolute Gasteiger partial charge is 0.255 e. The van der Waals surface area contributed by atoms with Crippen molar-refractivity contribution in [3.8, 4) is 0 Å². The molecule has 3 aromatic carbocycles. The highest BCUT2D eigenvalue weighted by Gasteiger charge is 2.33. The van der Waals surface area contributed by atoms with Gasteiger partial charge in [-0.1, -0.05) is 61.0 Å². The van der Waals surface area contributed by atoms with E-state index in [9.17, 15) is 9.90 Å². The number of amides is 1. The van der Waals surface area contributed by atoms with Crippen LogP contribution in [0.2, 0.25) is 0 Å². The molecule has 0 saturated carbocycles. The molecule has 2 saturated heterocycles. The minimum atomic E-state index is -0.491. The molecule has 0 aliphatic carbocycles. The van der Waals surface area contributed by atoms with Gasteiger partial charge in [-0.15, -0.1) is 0 Å². The van der Waals surface area contributed by atoms with Crippen molar-refractivity contribution >= 4 is 11.6 Å². The Kier molecular flexibility index (Phi) is 8.08. The number of ether oxygens (including phenoxy) is 2. The van der Waals surface area contributed by atoms with Gasteiger partial charge in [0.25, 0.3) is 5.91 Å². The molecule has 188 valence electrons. The Morgan fingerprint density at radius 2 is 1.56 bits per heavy atom. The fourth-order valence-corrected chi connectivity index (χ4v) is 4.98. The van der Waals surface area contributed by atoms with Crippen molar-refractivity contribution in [2.24, 2.45) is 0 Å². The third-order valence-electron chi connectivity index (χ3n) is 7.00. The maximum atomic E-state index is 12.5. The van der Waals surface area contributed by atoms with Crippen molar-refractivity contribution in [1.82, 2.24) is 4.90 Å². The molecule has 0 unspecified atom stereocenters. The number of aliphatic hydroxyl groups excluding tert-OH is 1. The Hall–Kier alpha value is -3.03. The van der Waals surface area contributed by atoms with E-state index in [1.54, 1.807) is 12.1 Å². The highest BCUT2D eigenvalue weighted by Crippen LogP contribution is 2.38. The molecule has 3 atom stereocenters. The topological polar surface area (TPSA) is 71.0 Å². The number of nitrogens with zero attached hydrogens (tertiary/aromatic N) is 1. The second kappa shape index (κ2) is 11.8. The molecule has 2 aliphatic rings. The third kappa shape index (κ3) is 6.20. The summed E-state index contributed by atoms with van der Waals surface area (Å²) in [5.74, 6) is -0.137. The number of likely N-dealkylation sites (tertiary alicyclic amines) is 1. The van der Waals surface area contributed by atoms with Crippen LogP contribution in [-0.4, -0.2) is 41.7 Å². The fourth-order valence-electron chi connectivity index (χ4n) is 4.98. The van der Waals surface area contributed by atoms with Crippen molar-refractivity contribution in [3.05, 3.63) is 101 Å². The molecule has 0 bridgehead atoms. The van der Waals surface area contributed by atoms with Crippen LogP contribution in [0.15, 0.2) is 78.9 Å². The number of piperidine rings is 1. The number of hydrogen-bond acceptors (Lipinski definition) is 5. The molecular formula is C30H34N2O4. The standard InChI is InChI=1S/C30H34N2O4/c33-21-22-9-11-23(12-10-22)28-19-27(20-32-17-5-2-6-18-32)35-30(36-28)25-13-15-26(16-14-25)31-29(34)24-7-3-1-4-8-24/h1,3-4,7-16,27-28,30,33H,2,5-6,17-21H2,(H,31,34)/t27-,28+,30+/m1/s1. The van der Waals surface area contributed by atoms with Gasteiger partial charge in [0.05, 0.1) is 18.8 Å². The van der Waals surface area contributed by atoms with Crippen LogP contribution in [0.25, 0.3) is 0 Å². The summed E-state index contributed by atoms with van der Waals surface area (Å²) in [4.78, 5) is 15.0. The number of nitrogens with one attached hydrogen (secondary N) is 1. The van der Waals surface area contributed by atoms with E-state index in [0.29, 0.717) is 5.56 Å². The van der Waals surface area contributed by atoms with Crippen molar-refractivity contribution in [1.29, 1.82) is 0 Å². The average Bonchev–Trinajstić information content (AvgIpc) is 2.94. The Balaban J connectivity index is 1.30. The molecule has 0 aromatic heterocycles. The first-order valence-electron chi connectivity index (χ1n) is 12.9. The summed E-state index contributed by atoms with van der Waals surface area (Å²) >= 11 is 0. The molecule has 1 amide bonds. The maximum absolute atomic E-state index is 12.5. The van der Waals surface area contributed by atoms with Crippen LogP contribution < -0.4 is 5.32 Å². The number of carbonyl (C=O) groups excluding carboxylic acids is 1. The Bertz CT molecular complexity index is 1110. The van der Waals surface area contributed by atoms with Crippen LogP contribution in [0.3, 0.4) is 0 Å². The first-order valence-corrected chi connectivity index (χ1v) is 12.9. The minimum absolute atomic E-state index is 0.0300. The molecule has 2 fully saturated rings. The average molecular weight is 487 g/mol. The largest absolute Gasteiger partial charge is 0.392 e. The zero-order valence-electron chi connectivity index (χ0n) is 20.5. The summed E-state index contributed by atoms with van der Waals surface area (Å²) in [5.41, 5.74) is 4.25. The van der Waals surface area contributed by atoms with Gasteiger partial charge in [0, 0.05) is 29.8 Å². The molecule has 2 N–H and O–H groups in total. The molecule has 3 aromatic rings. The van der Waals surface area contributed by atoms with Gasteiger partial charge >= 0.3 is 0 Å². The number of hydrogen-bond donors (Lipinski definition) is 2. The van der Waals surface area contributed by atoms with E-state index < -0.39 is 6.29 Å². The summed E-state index contributed by atoms with van der Waals surface area (Å²) in [6.45, 7) is 3.17. The molecule has 2 heterocycles. The Morgan fingerprint density at radius 3 is 2.25 bits per heavy atom. The van der Waals surface area contributed by atoms with Gasteiger partial charge in [0.1, 0.15) is 0 Å². The van der Waals surface area contributed by atoms with E-state index in [1.165, 1.54) is 19.3 Å². The number of rotatable bonds is 7. The lowest BCUT2D eigenvalue weighted by Gasteiger charge is -2.39. The lowest BCUT2D eigenvalue weighted by molar-refractivity contribution is -0.253. The molecule has 36 heavy (non-hydrogen) atoms.